The summed E-state index contributed by atoms with van der Waals surface area (Å²) in [5.74, 6) is 4.58. The number of carbonyl (C=O) groups is 3. The van der Waals surface area contributed by atoms with Crippen LogP contribution in [0.3, 0.4) is 0 Å². The first-order valence-electron chi connectivity index (χ1n) is 7.92. The molecule has 1 saturated heterocycles. The largest absolute Gasteiger partial charge is 0.323 e. The normalized spacial score (nSPS) is 20.2. The lowest BCUT2D eigenvalue weighted by Crippen LogP contribution is -2.52. The number of hydrogen-bond donors (Lipinski definition) is 2. The second-order valence-corrected chi connectivity index (χ2v) is 6.81. The van der Waals surface area contributed by atoms with E-state index in [2.05, 4.69) is 22.5 Å². The van der Waals surface area contributed by atoms with Crippen LogP contribution in [0.2, 0.25) is 10.0 Å². The Kier molecular flexibility index (Phi) is 4.06. The van der Waals surface area contributed by atoms with Gasteiger partial charge in [-0.2, -0.15) is 0 Å². The van der Waals surface area contributed by atoms with Crippen LogP contribution in [-0.2, 0) is 15.1 Å². The van der Waals surface area contributed by atoms with Gasteiger partial charge >= 0.3 is 6.03 Å². The smallest absolute Gasteiger partial charge is 0.312 e. The van der Waals surface area contributed by atoms with E-state index in [1.807, 2.05) is 0 Å². The van der Waals surface area contributed by atoms with Gasteiger partial charge in [0.2, 0.25) is 5.54 Å². The Morgan fingerprint density at radius 3 is 2.52 bits per heavy atom. The van der Waals surface area contributed by atoms with Crippen LogP contribution in [0.15, 0.2) is 42.5 Å². The topological polar surface area (TPSA) is 78.5 Å². The number of fused-ring (bicyclic) bond motifs is 2. The highest BCUT2D eigenvalue weighted by molar-refractivity contribution is 6.42. The van der Waals surface area contributed by atoms with Gasteiger partial charge in [0.1, 0.15) is 0 Å². The Labute approximate surface area is 164 Å². The molecule has 0 radical (unpaired) electrons. The van der Waals surface area contributed by atoms with Crippen molar-refractivity contribution in [2.24, 2.45) is 0 Å². The minimum atomic E-state index is -1.74. The number of carbonyl (C=O) groups excluding carboxylic acids is 3. The van der Waals surface area contributed by atoms with E-state index in [4.69, 9.17) is 23.2 Å². The molecular formula is C19H11Cl2N3O3. The van der Waals surface area contributed by atoms with Gasteiger partial charge in [-0.15, -0.1) is 0 Å². The number of rotatable bonds is 1. The first-order chi connectivity index (χ1) is 12.9. The van der Waals surface area contributed by atoms with Crippen molar-refractivity contribution in [1.29, 1.82) is 0 Å². The van der Waals surface area contributed by atoms with Gasteiger partial charge in [-0.25, -0.2) is 4.79 Å². The molecule has 2 heterocycles. The zero-order chi connectivity index (χ0) is 19.2. The van der Waals surface area contributed by atoms with Gasteiger partial charge in [0.15, 0.2) is 0 Å². The van der Waals surface area contributed by atoms with Crippen molar-refractivity contribution in [3.05, 3.63) is 63.6 Å². The average molecular weight is 400 g/mol. The van der Waals surface area contributed by atoms with Crippen molar-refractivity contribution < 1.29 is 14.4 Å². The Morgan fingerprint density at radius 2 is 1.81 bits per heavy atom. The summed E-state index contributed by atoms with van der Waals surface area (Å²) < 4.78 is 0. The maximum Gasteiger partial charge on any atom is 0.323 e. The zero-order valence-electron chi connectivity index (χ0n) is 13.7. The molecular weight excluding hydrogens is 389 g/mol. The number of nitrogens with one attached hydrogen (secondary N) is 2. The Hall–Kier alpha value is -3.01. The van der Waals surface area contributed by atoms with Gasteiger partial charge < -0.3 is 5.32 Å². The van der Waals surface area contributed by atoms with E-state index in [0.29, 0.717) is 26.9 Å². The molecule has 0 saturated carbocycles. The number of amides is 4. The first-order valence-corrected chi connectivity index (χ1v) is 8.68. The zero-order valence-corrected chi connectivity index (χ0v) is 15.2. The summed E-state index contributed by atoms with van der Waals surface area (Å²) in [6, 6.07) is 11.1. The summed E-state index contributed by atoms with van der Waals surface area (Å²) in [6.07, 6.45) is 0. The molecule has 1 fully saturated rings. The van der Waals surface area contributed by atoms with Gasteiger partial charge in [0.25, 0.3) is 11.8 Å². The van der Waals surface area contributed by atoms with Gasteiger partial charge in [0, 0.05) is 11.1 Å². The van der Waals surface area contributed by atoms with Crippen LogP contribution >= 0.6 is 23.2 Å². The third-order valence-electron chi connectivity index (χ3n) is 4.42. The number of imide groups is 1. The molecule has 27 heavy (non-hydrogen) atoms. The van der Waals surface area contributed by atoms with Crippen LogP contribution in [-0.4, -0.2) is 24.4 Å². The van der Waals surface area contributed by atoms with E-state index in [0.717, 1.165) is 0 Å². The predicted octanol–water partition coefficient (Wildman–Crippen LogP) is 2.43. The number of hydrogen-bond acceptors (Lipinski definition) is 3. The number of benzene rings is 2. The quantitative estimate of drug-likeness (QED) is 0.439. The van der Waals surface area contributed by atoms with E-state index in [9.17, 15) is 14.4 Å². The predicted molar refractivity (Wildman–Crippen MR) is 100 cm³/mol. The van der Waals surface area contributed by atoms with Crippen molar-refractivity contribution in [2.75, 3.05) is 11.4 Å². The fraction of sp³-hybridized carbons (Fsp3) is 0.105. The van der Waals surface area contributed by atoms with Crippen molar-refractivity contribution >= 4 is 46.7 Å². The molecule has 0 unspecified atom stereocenters. The second kappa shape index (κ2) is 6.31. The van der Waals surface area contributed by atoms with Gasteiger partial charge in [-0.05, 0) is 24.3 Å². The molecule has 2 aromatic carbocycles. The Balaban J connectivity index is 1.68. The van der Waals surface area contributed by atoms with Crippen LogP contribution in [0.1, 0.15) is 11.1 Å². The van der Waals surface area contributed by atoms with E-state index in [-0.39, 0.29) is 6.54 Å². The van der Waals surface area contributed by atoms with Gasteiger partial charge in [-0.1, -0.05) is 53.2 Å². The van der Waals surface area contributed by atoms with Crippen LogP contribution in [0.25, 0.3) is 0 Å². The van der Waals surface area contributed by atoms with Crippen LogP contribution in [0, 0.1) is 11.8 Å². The summed E-state index contributed by atoms with van der Waals surface area (Å²) >= 11 is 11.9. The Bertz CT molecular complexity index is 1070. The molecule has 4 amide bonds. The van der Waals surface area contributed by atoms with Crippen molar-refractivity contribution in [3.63, 3.8) is 0 Å². The molecule has 2 aromatic rings. The molecule has 0 aromatic heterocycles. The van der Waals surface area contributed by atoms with E-state index in [1.165, 1.54) is 4.90 Å². The monoisotopic (exact) mass is 399 g/mol. The highest BCUT2D eigenvalue weighted by Gasteiger charge is 2.61. The third-order valence-corrected chi connectivity index (χ3v) is 5.16. The van der Waals surface area contributed by atoms with Crippen molar-refractivity contribution in [1.82, 2.24) is 10.6 Å². The number of para-hydroxylation sites is 1. The second-order valence-electron chi connectivity index (χ2n) is 6.00. The van der Waals surface area contributed by atoms with E-state index < -0.39 is 23.4 Å². The molecule has 2 aliphatic rings. The van der Waals surface area contributed by atoms with Crippen LogP contribution in [0.5, 0.6) is 0 Å². The summed E-state index contributed by atoms with van der Waals surface area (Å²) in [5.41, 5.74) is -0.136. The number of anilines is 1. The molecule has 2 N–H and O–H groups in total. The fourth-order valence-corrected chi connectivity index (χ4v) is 3.50. The molecule has 1 spiro atoms. The number of nitrogens with zero attached hydrogens (tertiary/aromatic N) is 1. The molecule has 2 aliphatic heterocycles. The lowest BCUT2D eigenvalue weighted by Gasteiger charge is -2.19. The third kappa shape index (κ3) is 2.64. The molecule has 1 atom stereocenters. The van der Waals surface area contributed by atoms with Crippen LogP contribution < -0.4 is 15.5 Å². The van der Waals surface area contributed by atoms with E-state index in [1.54, 1.807) is 42.5 Å². The fourth-order valence-electron chi connectivity index (χ4n) is 3.20. The summed E-state index contributed by atoms with van der Waals surface area (Å²) in [4.78, 5) is 38.5. The SMILES string of the molecule is O=C1NC(=O)[C@@]2(N1)C(=O)N(CC#Cc1ccc(Cl)c(Cl)c1)c1ccccc12. The van der Waals surface area contributed by atoms with Crippen molar-refractivity contribution in [3.8, 4) is 11.8 Å². The summed E-state index contributed by atoms with van der Waals surface area (Å²) in [6.45, 7) is 0.0427. The van der Waals surface area contributed by atoms with Crippen LogP contribution in [0.4, 0.5) is 10.5 Å². The highest BCUT2D eigenvalue weighted by Crippen LogP contribution is 2.41. The maximum atomic E-state index is 13.0. The minimum absolute atomic E-state index is 0.0427. The molecule has 134 valence electrons. The molecule has 4 rings (SSSR count). The van der Waals surface area contributed by atoms with Crippen molar-refractivity contribution in [2.45, 2.75) is 5.54 Å². The standard InChI is InChI=1S/C19H11Cl2N3O3/c20-13-8-7-11(10-14(13)21)4-3-9-24-15-6-2-1-5-12(15)19(17(24)26)16(25)22-18(27)23-19/h1-2,5-8,10H,9H2,(H2,22,23,25,27)/t19-/m1/s1. The summed E-state index contributed by atoms with van der Waals surface area (Å²) in [7, 11) is 0. The van der Waals surface area contributed by atoms with E-state index >= 15 is 0 Å². The maximum absolute atomic E-state index is 13.0. The lowest BCUT2D eigenvalue weighted by atomic mass is 9.92. The van der Waals surface area contributed by atoms with Gasteiger partial charge in [-0.3, -0.25) is 19.8 Å². The molecule has 8 heteroatoms. The average Bonchev–Trinajstić information content (AvgIpc) is 3.07. The number of halogens is 2. The highest BCUT2D eigenvalue weighted by atomic mass is 35.5. The lowest BCUT2D eigenvalue weighted by molar-refractivity contribution is -0.133. The molecule has 0 bridgehead atoms. The number of urea groups is 1. The first kappa shape index (κ1) is 17.4. The minimum Gasteiger partial charge on any atom is -0.312 e. The summed E-state index contributed by atoms with van der Waals surface area (Å²) in [5, 5.41) is 5.41. The van der Waals surface area contributed by atoms with Gasteiger partial charge in [0.05, 0.1) is 22.3 Å². The molecule has 0 aliphatic carbocycles. The Morgan fingerprint density at radius 1 is 1.04 bits per heavy atom. The molecule has 6 nitrogen and oxygen atoms in total.